The summed E-state index contributed by atoms with van der Waals surface area (Å²) in [6, 6.07) is 6.09. The van der Waals surface area contributed by atoms with Gasteiger partial charge in [-0.2, -0.15) is 0 Å². The largest absolute Gasteiger partial charge is 0.486 e. The van der Waals surface area contributed by atoms with Crippen LogP contribution in [-0.2, 0) is 16.0 Å². The number of carbonyl (C=O) groups is 1. The first kappa shape index (κ1) is 10.0. The Balaban J connectivity index is 2.03. The van der Waals surface area contributed by atoms with E-state index in [4.69, 9.17) is 9.47 Å². The fraction of sp³-hybridized carbons (Fsp3) is 0.417. The molecule has 0 saturated heterocycles. The second-order valence-corrected chi connectivity index (χ2v) is 3.81. The molecule has 0 amide bonds. The molecule has 0 aliphatic carbocycles. The summed E-state index contributed by atoms with van der Waals surface area (Å²) < 4.78 is 10.6. The van der Waals surface area contributed by atoms with E-state index in [0.717, 1.165) is 17.7 Å². The van der Waals surface area contributed by atoms with Crippen LogP contribution in [0.25, 0.3) is 0 Å². The molecule has 1 atom stereocenters. The third kappa shape index (κ3) is 2.12. The zero-order valence-electron chi connectivity index (χ0n) is 8.95. The quantitative estimate of drug-likeness (QED) is 0.693. The van der Waals surface area contributed by atoms with Crippen molar-refractivity contribution in [3.63, 3.8) is 0 Å². The van der Waals surface area contributed by atoms with E-state index >= 15 is 0 Å². The number of fused-ring (bicyclic) bond motifs is 1. The SMILES string of the molecule is CC(=O)OC[C@H]1Cc2cccc(C)c2O1. The lowest BCUT2D eigenvalue weighted by atomic mass is 10.1. The maximum absolute atomic E-state index is 10.7. The van der Waals surface area contributed by atoms with Crippen molar-refractivity contribution in [1.29, 1.82) is 0 Å². The van der Waals surface area contributed by atoms with Gasteiger partial charge in [-0.3, -0.25) is 4.79 Å². The number of rotatable bonds is 2. The van der Waals surface area contributed by atoms with Crippen molar-refractivity contribution in [2.75, 3.05) is 6.61 Å². The van der Waals surface area contributed by atoms with Crippen LogP contribution in [0.5, 0.6) is 5.75 Å². The number of hydrogen-bond donors (Lipinski definition) is 0. The summed E-state index contributed by atoms with van der Waals surface area (Å²) >= 11 is 0. The molecule has 1 aromatic rings. The van der Waals surface area contributed by atoms with Crippen LogP contribution in [0.3, 0.4) is 0 Å². The van der Waals surface area contributed by atoms with Crippen LogP contribution in [0.1, 0.15) is 18.1 Å². The Morgan fingerprint density at radius 2 is 2.40 bits per heavy atom. The zero-order chi connectivity index (χ0) is 10.8. The topological polar surface area (TPSA) is 35.5 Å². The van der Waals surface area contributed by atoms with Crippen molar-refractivity contribution in [3.8, 4) is 5.75 Å². The summed E-state index contributed by atoms with van der Waals surface area (Å²) in [7, 11) is 0. The van der Waals surface area contributed by atoms with Gasteiger partial charge in [-0.15, -0.1) is 0 Å². The smallest absolute Gasteiger partial charge is 0.302 e. The van der Waals surface area contributed by atoms with Crippen molar-refractivity contribution in [1.82, 2.24) is 0 Å². The third-order valence-corrected chi connectivity index (χ3v) is 2.50. The van der Waals surface area contributed by atoms with Gasteiger partial charge in [0.25, 0.3) is 0 Å². The Morgan fingerprint density at radius 3 is 3.07 bits per heavy atom. The standard InChI is InChI=1S/C12H14O3/c1-8-4-3-5-10-6-11(15-12(8)10)7-14-9(2)13/h3-5,11H,6-7H2,1-2H3/t11-/m1/s1. The molecule has 0 saturated carbocycles. The molecule has 0 fully saturated rings. The summed E-state index contributed by atoms with van der Waals surface area (Å²) in [6.45, 7) is 3.77. The van der Waals surface area contributed by atoms with Gasteiger partial charge in [0.2, 0.25) is 0 Å². The van der Waals surface area contributed by atoms with Crippen LogP contribution in [0.2, 0.25) is 0 Å². The zero-order valence-corrected chi connectivity index (χ0v) is 8.95. The minimum Gasteiger partial charge on any atom is -0.486 e. The van der Waals surface area contributed by atoms with Crippen LogP contribution in [0.15, 0.2) is 18.2 Å². The second kappa shape index (κ2) is 3.93. The van der Waals surface area contributed by atoms with E-state index in [1.165, 1.54) is 12.5 Å². The number of para-hydroxylation sites is 1. The lowest BCUT2D eigenvalue weighted by molar-refractivity contribution is -0.143. The van der Waals surface area contributed by atoms with Gasteiger partial charge < -0.3 is 9.47 Å². The maximum atomic E-state index is 10.7. The van der Waals surface area contributed by atoms with E-state index in [0.29, 0.717) is 6.61 Å². The highest BCUT2D eigenvalue weighted by Crippen LogP contribution is 2.31. The van der Waals surface area contributed by atoms with E-state index in [1.54, 1.807) is 0 Å². The summed E-state index contributed by atoms with van der Waals surface area (Å²) in [6.07, 6.45) is 0.801. The number of aryl methyl sites for hydroxylation is 1. The summed E-state index contributed by atoms with van der Waals surface area (Å²) in [5.74, 6) is 0.695. The highest BCUT2D eigenvalue weighted by Gasteiger charge is 2.24. The molecule has 15 heavy (non-hydrogen) atoms. The van der Waals surface area contributed by atoms with Gasteiger partial charge in [-0.25, -0.2) is 0 Å². The number of benzene rings is 1. The monoisotopic (exact) mass is 206 g/mol. The Morgan fingerprint density at radius 1 is 1.60 bits per heavy atom. The molecule has 0 radical (unpaired) electrons. The molecular formula is C12H14O3. The fourth-order valence-electron chi connectivity index (χ4n) is 1.80. The lowest BCUT2D eigenvalue weighted by Gasteiger charge is -2.10. The van der Waals surface area contributed by atoms with Crippen LogP contribution in [-0.4, -0.2) is 18.7 Å². The van der Waals surface area contributed by atoms with Gasteiger partial charge in [0.05, 0.1) is 0 Å². The second-order valence-electron chi connectivity index (χ2n) is 3.81. The van der Waals surface area contributed by atoms with E-state index in [9.17, 15) is 4.79 Å². The lowest BCUT2D eigenvalue weighted by Crippen LogP contribution is -2.21. The maximum Gasteiger partial charge on any atom is 0.302 e. The molecule has 1 heterocycles. The average molecular weight is 206 g/mol. The van der Waals surface area contributed by atoms with Crippen molar-refractivity contribution >= 4 is 5.97 Å². The summed E-state index contributed by atoms with van der Waals surface area (Å²) in [4.78, 5) is 10.7. The van der Waals surface area contributed by atoms with Crippen LogP contribution in [0, 0.1) is 6.92 Å². The summed E-state index contributed by atoms with van der Waals surface area (Å²) in [5.41, 5.74) is 2.34. The predicted molar refractivity (Wildman–Crippen MR) is 55.9 cm³/mol. The highest BCUT2D eigenvalue weighted by atomic mass is 16.6. The normalized spacial score (nSPS) is 18.1. The minimum absolute atomic E-state index is 0.0231. The van der Waals surface area contributed by atoms with Crippen LogP contribution < -0.4 is 4.74 Å². The van der Waals surface area contributed by atoms with Crippen molar-refractivity contribution in [2.24, 2.45) is 0 Å². The van der Waals surface area contributed by atoms with Gasteiger partial charge >= 0.3 is 5.97 Å². The van der Waals surface area contributed by atoms with Gasteiger partial charge in [0.1, 0.15) is 18.5 Å². The number of esters is 1. The van der Waals surface area contributed by atoms with Gasteiger partial charge in [0.15, 0.2) is 0 Å². The number of hydrogen-bond acceptors (Lipinski definition) is 3. The molecular weight excluding hydrogens is 192 g/mol. The van der Waals surface area contributed by atoms with E-state index < -0.39 is 0 Å². The molecule has 1 aliphatic heterocycles. The summed E-state index contributed by atoms with van der Waals surface area (Å²) in [5, 5.41) is 0. The molecule has 1 aromatic carbocycles. The molecule has 0 bridgehead atoms. The highest BCUT2D eigenvalue weighted by molar-refractivity contribution is 5.65. The first-order chi connectivity index (χ1) is 7.16. The minimum atomic E-state index is -0.258. The van der Waals surface area contributed by atoms with E-state index in [-0.39, 0.29) is 12.1 Å². The third-order valence-electron chi connectivity index (χ3n) is 2.50. The number of ether oxygens (including phenoxy) is 2. The Bertz CT molecular complexity index is 384. The molecule has 0 unspecified atom stereocenters. The van der Waals surface area contributed by atoms with Crippen molar-refractivity contribution in [2.45, 2.75) is 26.4 Å². The Kier molecular flexibility index (Phi) is 2.62. The van der Waals surface area contributed by atoms with E-state index in [2.05, 4.69) is 6.07 Å². The van der Waals surface area contributed by atoms with Gasteiger partial charge in [-0.05, 0) is 18.1 Å². The molecule has 3 heteroatoms. The Labute approximate surface area is 89.0 Å². The predicted octanol–water partition coefficient (Wildman–Crippen LogP) is 1.86. The number of carbonyl (C=O) groups excluding carboxylic acids is 1. The van der Waals surface area contributed by atoms with Crippen molar-refractivity contribution in [3.05, 3.63) is 29.3 Å². The molecule has 80 valence electrons. The van der Waals surface area contributed by atoms with Gasteiger partial charge in [0, 0.05) is 13.3 Å². The molecule has 2 rings (SSSR count). The van der Waals surface area contributed by atoms with Gasteiger partial charge in [-0.1, -0.05) is 18.2 Å². The fourth-order valence-corrected chi connectivity index (χ4v) is 1.80. The molecule has 0 spiro atoms. The first-order valence-corrected chi connectivity index (χ1v) is 5.05. The van der Waals surface area contributed by atoms with Crippen LogP contribution >= 0.6 is 0 Å². The van der Waals surface area contributed by atoms with Crippen LogP contribution in [0.4, 0.5) is 0 Å². The Hall–Kier alpha value is -1.51. The molecule has 0 N–H and O–H groups in total. The van der Waals surface area contributed by atoms with E-state index in [1.807, 2.05) is 19.1 Å². The first-order valence-electron chi connectivity index (χ1n) is 5.05. The molecule has 1 aliphatic rings. The molecule has 3 nitrogen and oxygen atoms in total. The van der Waals surface area contributed by atoms with Crippen molar-refractivity contribution < 1.29 is 14.3 Å². The molecule has 0 aromatic heterocycles. The average Bonchev–Trinajstić information content (AvgIpc) is 2.59.